The number of benzene rings is 2. The van der Waals surface area contributed by atoms with Crippen LogP contribution < -0.4 is 16.0 Å². The molecule has 0 spiro atoms. The number of carbonyl (C=O) groups is 2. The molecule has 2 amide bonds. The summed E-state index contributed by atoms with van der Waals surface area (Å²) in [6, 6.07) is 14.9. The summed E-state index contributed by atoms with van der Waals surface area (Å²) in [5.74, 6) is -0.271. The second-order valence-corrected chi connectivity index (χ2v) is 7.63. The molecule has 0 radical (unpaired) electrons. The molecule has 1 aliphatic rings. The second kappa shape index (κ2) is 9.02. The average Bonchev–Trinajstić information content (AvgIpc) is 2.72. The number of hydrogen-bond donors (Lipinski definition) is 3. The molecule has 148 valence electrons. The molecule has 1 heterocycles. The van der Waals surface area contributed by atoms with Crippen molar-refractivity contribution in [1.82, 2.24) is 10.6 Å². The molecule has 5 nitrogen and oxygen atoms in total. The van der Waals surface area contributed by atoms with Crippen molar-refractivity contribution < 1.29 is 9.59 Å². The van der Waals surface area contributed by atoms with Crippen LogP contribution in [0.15, 0.2) is 48.5 Å². The molecular formula is C23H29N3O2. The zero-order chi connectivity index (χ0) is 20.1. The highest BCUT2D eigenvalue weighted by Crippen LogP contribution is 2.18. The van der Waals surface area contributed by atoms with Crippen molar-refractivity contribution in [3.63, 3.8) is 0 Å². The van der Waals surface area contributed by atoms with Crippen LogP contribution >= 0.6 is 0 Å². The van der Waals surface area contributed by atoms with E-state index < -0.39 is 6.04 Å². The molecule has 3 atom stereocenters. The van der Waals surface area contributed by atoms with E-state index in [-0.39, 0.29) is 23.8 Å². The summed E-state index contributed by atoms with van der Waals surface area (Å²) < 4.78 is 0. The van der Waals surface area contributed by atoms with Crippen LogP contribution in [0.1, 0.15) is 37.0 Å². The molecule has 0 saturated heterocycles. The van der Waals surface area contributed by atoms with Crippen LogP contribution in [0.25, 0.3) is 0 Å². The van der Waals surface area contributed by atoms with Crippen molar-refractivity contribution in [3.8, 4) is 0 Å². The quantitative estimate of drug-likeness (QED) is 0.722. The predicted molar refractivity (Wildman–Crippen MR) is 112 cm³/mol. The molecule has 5 heteroatoms. The van der Waals surface area contributed by atoms with E-state index in [0.717, 1.165) is 17.7 Å². The van der Waals surface area contributed by atoms with E-state index in [0.29, 0.717) is 13.0 Å². The van der Waals surface area contributed by atoms with E-state index in [1.807, 2.05) is 57.2 Å². The Hall–Kier alpha value is -2.66. The van der Waals surface area contributed by atoms with Gasteiger partial charge >= 0.3 is 0 Å². The minimum absolute atomic E-state index is 0.0327. The zero-order valence-electron chi connectivity index (χ0n) is 16.8. The molecule has 3 rings (SSSR count). The third kappa shape index (κ3) is 4.78. The summed E-state index contributed by atoms with van der Waals surface area (Å²) in [7, 11) is 0. The number of hydrogen-bond acceptors (Lipinski definition) is 3. The van der Waals surface area contributed by atoms with Crippen LogP contribution in [-0.4, -0.2) is 23.9 Å². The summed E-state index contributed by atoms with van der Waals surface area (Å²) in [6.07, 6.45) is 1.43. The molecule has 0 aliphatic carbocycles. The molecule has 3 N–H and O–H groups in total. The monoisotopic (exact) mass is 379 g/mol. The van der Waals surface area contributed by atoms with E-state index in [1.54, 1.807) is 0 Å². The molecule has 1 aliphatic heterocycles. The van der Waals surface area contributed by atoms with E-state index in [9.17, 15) is 9.59 Å². The second-order valence-electron chi connectivity index (χ2n) is 7.63. The van der Waals surface area contributed by atoms with Gasteiger partial charge in [-0.1, -0.05) is 62.2 Å². The summed E-state index contributed by atoms with van der Waals surface area (Å²) in [5.41, 5.74) is 4.28. The molecule has 0 aromatic heterocycles. The first kappa shape index (κ1) is 20.1. The molecule has 2 aromatic carbocycles. The maximum absolute atomic E-state index is 12.9. The van der Waals surface area contributed by atoms with Crippen LogP contribution in [0.2, 0.25) is 0 Å². The van der Waals surface area contributed by atoms with Gasteiger partial charge in [0.2, 0.25) is 11.8 Å². The highest BCUT2D eigenvalue weighted by atomic mass is 16.2. The first-order chi connectivity index (χ1) is 13.5. The SMILES string of the molecule is CCC(C)C(NC(=O)C1Cc2ccccc2CN1)C(=O)Nc1ccc(C)cc1. The number of rotatable bonds is 6. The average molecular weight is 380 g/mol. The number of nitrogens with one attached hydrogen (secondary N) is 3. The zero-order valence-corrected chi connectivity index (χ0v) is 16.8. The fraction of sp³-hybridized carbons (Fsp3) is 0.391. The maximum Gasteiger partial charge on any atom is 0.247 e. The van der Waals surface area contributed by atoms with Crippen LogP contribution in [0, 0.1) is 12.8 Å². The predicted octanol–water partition coefficient (Wildman–Crippen LogP) is 3.18. The minimum Gasteiger partial charge on any atom is -0.343 e. The van der Waals surface area contributed by atoms with Crippen molar-refractivity contribution in [2.75, 3.05) is 5.32 Å². The Morgan fingerprint density at radius 3 is 2.46 bits per heavy atom. The lowest BCUT2D eigenvalue weighted by atomic mass is 9.94. The number of amides is 2. The van der Waals surface area contributed by atoms with Gasteiger partial charge in [0.15, 0.2) is 0 Å². The lowest BCUT2D eigenvalue weighted by molar-refractivity contribution is -0.129. The van der Waals surface area contributed by atoms with Gasteiger partial charge in [0.05, 0.1) is 6.04 Å². The Labute approximate surface area is 166 Å². The lowest BCUT2D eigenvalue weighted by Gasteiger charge is -2.29. The lowest BCUT2D eigenvalue weighted by Crippen LogP contribution is -2.55. The van der Waals surface area contributed by atoms with Crippen molar-refractivity contribution in [1.29, 1.82) is 0 Å². The van der Waals surface area contributed by atoms with Gasteiger partial charge in [-0.25, -0.2) is 0 Å². The van der Waals surface area contributed by atoms with Crippen molar-refractivity contribution in [3.05, 3.63) is 65.2 Å². The summed E-state index contributed by atoms with van der Waals surface area (Å²) in [6.45, 7) is 6.68. The number of fused-ring (bicyclic) bond motifs is 1. The number of carbonyl (C=O) groups excluding carboxylic acids is 2. The van der Waals surface area contributed by atoms with Crippen LogP contribution in [0.5, 0.6) is 0 Å². The Morgan fingerprint density at radius 1 is 1.11 bits per heavy atom. The van der Waals surface area contributed by atoms with Gasteiger partial charge in [-0.05, 0) is 42.5 Å². The first-order valence-corrected chi connectivity index (χ1v) is 9.96. The smallest absolute Gasteiger partial charge is 0.247 e. The summed E-state index contributed by atoms with van der Waals surface area (Å²) in [5, 5.41) is 9.21. The van der Waals surface area contributed by atoms with Gasteiger partial charge in [-0.2, -0.15) is 0 Å². The normalized spacial score (nSPS) is 17.9. The summed E-state index contributed by atoms with van der Waals surface area (Å²) in [4.78, 5) is 25.8. The van der Waals surface area contributed by atoms with Gasteiger partial charge in [-0.15, -0.1) is 0 Å². The van der Waals surface area contributed by atoms with Crippen LogP contribution in [-0.2, 0) is 22.6 Å². The highest BCUT2D eigenvalue weighted by molar-refractivity contribution is 5.98. The Kier molecular flexibility index (Phi) is 6.47. The van der Waals surface area contributed by atoms with E-state index >= 15 is 0 Å². The van der Waals surface area contributed by atoms with Crippen molar-refractivity contribution in [2.24, 2.45) is 5.92 Å². The number of anilines is 1. The third-order valence-electron chi connectivity index (χ3n) is 5.51. The fourth-order valence-corrected chi connectivity index (χ4v) is 3.45. The molecule has 2 aromatic rings. The van der Waals surface area contributed by atoms with Crippen LogP contribution in [0.4, 0.5) is 5.69 Å². The standard InChI is InChI=1S/C23H29N3O2/c1-4-16(3)21(23(28)25-19-11-9-15(2)10-12-19)26-22(27)20-13-17-7-5-6-8-18(17)14-24-20/h5-12,16,20-21,24H,4,13-14H2,1-3H3,(H,25,28)(H,26,27). The summed E-state index contributed by atoms with van der Waals surface area (Å²) >= 11 is 0. The Bertz CT molecular complexity index is 832. The van der Waals surface area contributed by atoms with Gasteiger partial charge in [-0.3, -0.25) is 9.59 Å². The Balaban J connectivity index is 1.67. The van der Waals surface area contributed by atoms with Crippen LogP contribution in [0.3, 0.4) is 0 Å². The van der Waals surface area contributed by atoms with Gasteiger partial charge in [0.1, 0.15) is 6.04 Å². The maximum atomic E-state index is 12.9. The molecule has 3 unspecified atom stereocenters. The third-order valence-corrected chi connectivity index (χ3v) is 5.51. The highest BCUT2D eigenvalue weighted by Gasteiger charge is 2.30. The topological polar surface area (TPSA) is 70.2 Å². The molecule has 0 fully saturated rings. The molecular weight excluding hydrogens is 350 g/mol. The Morgan fingerprint density at radius 2 is 1.79 bits per heavy atom. The van der Waals surface area contributed by atoms with E-state index in [4.69, 9.17) is 0 Å². The van der Waals surface area contributed by atoms with Gasteiger partial charge in [0.25, 0.3) is 0 Å². The molecule has 0 bridgehead atoms. The minimum atomic E-state index is -0.572. The van der Waals surface area contributed by atoms with E-state index in [2.05, 4.69) is 28.1 Å². The largest absolute Gasteiger partial charge is 0.343 e. The van der Waals surface area contributed by atoms with Gasteiger partial charge < -0.3 is 16.0 Å². The van der Waals surface area contributed by atoms with Crippen molar-refractivity contribution in [2.45, 2.75) is 52.2 Å². The number of aryl methyl sites for hydroxylation is 1. The molecule has 0 saturated carbocycles. The van der Waals surface area contributed by atoms with E-state index in [1.165, 1.54) is 11.1 Å². The first-order valence-electron chi connectivity index (χ1n) is 9.96. The van der Waals surface area contributed by atoms with Gasteiger partial charge in [0, 0.05) is 12.2 Å². The van der Waals surface area contributed by atoms with Crippen molar-refractivity contribution >= 4 is 17.5 Å². The molecule has 28 heavy (non-hydrogen) atoms. The fourth-order valence-electron chi connectivity index (χ4n) is 3.45.